The van der Waals surface area contributed by atoms with Gasteiger partial charge in [0.2, 0.25) is 5.95 Å². The van der Waals surface area contributed by atoms with E-state index in [-0.39, 0.29) is 5.91 Å². The molecule has 6 nitrogen and oxygen atoms in total. The van der Waals surface area contributed by atoms with Gasteiger partial charge in [-0.15, -0.1) is 0 Å². The van der Waals surface area contributed by atoms with Gasteiger partial charge in [0.05, 0.1) is 18.4 Å². The fourth-order valence-electron chi connectivity index (χ4n) is 2.58. The summed E-state index contributed by atoms with van der Waals surface area (Å²) in [6.45, 7) is 2.49. The van der Waals surface area contributed by atoms with Gasteiger partial charge in [-0.2, -0.15) is 0 Å². The normalized spacial score (nSPS) is 10.2. The third-order valence-electron chi connectivity index (χ3n) is 3.88. The van der Waals surface area contributed by atoms with Crippen LogP contribution in [-0.4, -0.2) is 29.5 Å². The average molecular weight is 348 g/mol. The van der Waals surface area contributed by atoms with Crippen molar-refractivity contribution in [1.82, 2.24) is 9.97 Å². The molecule has 2 aromatic carbocycles. The Morgan fingerprint density at radius 2 is 1.69 bits per heavy atom. The maximum atomic E-state index is 12.8. The van der Waals surface area contributed by atoms with Crippen molar-refractivity contribution in [2.45, 2.75) is 6.92 Å². The molecule has 3 rings (SSSR count). The molecule has 0 atom stereocenters. The van der Waals surface area contributed by atoms with E-state index < -0.39 is 0 Å². The van der Waals surface area contributed by atoms with Gasteiger partial charge in [0, 0.05) is 24.6 Å². The van der Waals surface area contributed by atoms with Crippen LogP contribution in [-0.2, 0) is 0 Å². The van der Waals surface area contributed by atoms with E-state index >= 15 is 0 Å². The lowest BCUT2D eigenvalue weighted by Gasteiger charge is -2.20. The first-order valence-electron chi connectivity index (χ1n) is 8.32. The van der Waals surface area contributed by atoms with Crippen molar-refractivity contribution < 1.29 is 9.53 Å². The monoisotopic (exact) mass is 348 g/mol. The molecule has 0 saturated heterocycles. The molecule has 0 radical (unpaired) electrons. The molecule has 0 fully saturated rings. The largest absolute Gasteiger partial charge is 0.495 e. The summed E-state index contributed by atoms with van der Waals surface area (Å²) in [5.41, 5.74) is 2.03. The van der Waals surface area contributed by atoms with Gasteiger partial charge in [-0.05, 0) is 31.2 Å². The lowest BCUT2D eigenvalue weighted by molar-refractivity contribution is 0.0987. The van der Waals surface area contributed by atoms with Crippen LogP contribution in [0.4, 0.5) is 17.3 Å². The molecular formula is C20H20N4O2. The third kappa shape index (κ3) is 3.80. The van der Waals surface area contributed by atoms with E-state index in [0.29, 0.717) is 23.8 Å². The van der Waals surface area contributed by atoms with E-state index in [1.807, 2.05) is 61.5 Å². The molecule has 3 aromatic rings. The number of rotatable bonds is 6. The van der Waals surface area contributed by atoms with Crippen LogP contribution in [0.1, 0.15) is 17.3 Å². The summed E-state index contributed by atoms with van der Waals surface area (Å²) in [5.74, 6) is 0.953. The van der Waals surface area contributed by atoms with Crippen molar-refractivity contribution in [1.29, 1.82) is 0 Å². The predicted octanol–water partition coefficient (Wildman–Crippen LogP) is 3.90. The van der Waals surface area contributed by atoms with Gasteiger partial charge >= 0.3 is 0 Å². The SMILES string of the molecule is CCN(C(=O)c1cnc(Nc2ccccc2OC)nc1)c1ccccc1. The van der Waals surface area contributed by atoms with Crippen molar-refractivity contribution in [3.8, 4) is 5.75 Å². The number of ether oxygens (including phenoxy) is 1. The molecule has 132 valence electrons. The molecule has 1 N–H and O–H groups in total. The highest BCUT2D eigenvalue weighted by Crippen LogP contribution is 2.25. The number of hydrogen-bond donors (Lipinski definition) is 1. The number of nitrogens with zero attached hydrogens (tertiary/aromatic N) is 3. The van der Waals surface area contributed by atoms with Crippen LogP contribution in [0.15, 0.2) is 67.0 Å². The molecule has 0 aliphatic heterocycles. The fourth-order valence-corrected chi connectivity index (χ4v) is 2.58. The second kappa shape index (κ2) is 8.11. The van der Waals surface area contributed by atoms with E-state index in [0.717, 1.165) is 11.4 Å². The van der Waals surface area contributed by atoms with E-state index in [2.05, 4.69) is 15.3 Å². The second-order valence-electron chi connectivity index (χ2n) is 5.51. The van der Waals surface area contributed by atoms with Gasteiger partial charge in [-0.3, -0.25) is 4.79 Å². The number of methoxy groups -OCH3 is 1. The Bertz CT molecular complexity index is 866. The number of amides is 1. The van der Waals surface area contributed by atoms with Gasteiger partial charge in [0.1, 0.15) is 5.75 Å². The number of hydrogen-bond acceptors (Lipinski definition) is 5. The Hall–Kier alpha value is -3.41. The summed E-state index contributed by atoms with van der Waals surface area (Å²) < 4.78 is 5.30. The van der Waals surface area contributed by atoms with Crippen LogP contribution in [0, 0.1) is 0 Å². The van der Waals surface area contributed by atoms with Gasteiger partial charge in [-0.25, -0.2) is 9.97 Å². The van der Waals surface area contributed by atoms with Crippen molar-refractivity contribution in [3.63, 3.8) is 0 Å². The smallest absolute Gasteiger partial charge is 0.261 e. The lowest BCUT2D eigenvalue weighted by Crippen LogP contribution is -2.30. The summed E-state index contributed by atoms with van der Waals surface area (Å²) in [4.78, 5) is 22.9. The van der Waals surface area contributed by atoms with E-state index in [4.69, 9.17) is 4.74 Å². The zero-order valence-corrected chi connectivity index (χ0v) is 14.7. The number of carbonyl (C=O) groups excluding carboxylic acids is 1. The van der Waals surface area contributed by atoms with Crippen LogP contribution in [0.2, 0.25) is 0 Å². The molecule has 0 aliphatic rings. The van der Waals surface area contributed by atoms with Gasteiger partial charge in [0.25, 0.3) is 5.91 Å². The molecule has 6 heteroatoms. The van der Waals surface area contributed by atoms with Gasteiger partial charge in [-0.1, -0.05) is 30.3 Å². The van der Waals surface area contributed by atoms with Crippen LogP contribution >= 0.6 is 0 Å². The average Bonchev–Trinajstić information content (AvgIpc) is 2.70. The quantitative estimate of drug-likeness (QED) is 0.732. The molecule has 1 heterocycles. The molecule has 0 bridgehead atoms. The molecule has 0 aliphatic carbocycles. The second-order valence-corrected chi connectivity index (χ2v) is 5.51. The Kier molecular flexibility index (Phi) is 5.43. The minimum Gasteiger partial charge on any atom is -0.495 e. The van der Waals surface area contributed by atoms with Crippen molar-refractivity contribution >= 4 is 23.2 Å². The summed E-state index contributed by atoms with van der Waals surface area (Å²) in [7, 11) is 1.60. The lowest BCUT2D eigenvalue weighted by atomic mass is 10.2. The van der Waals surface area contributed by atoms with Gasteiger partial charge in [0.15, 0.2) is 0 Å². The first-order chi connectivity index (χ1) is 12.7. The van der Waals surface area contributed by atoms with Crippen LogP contribution in [0.3, 0.4) is 0 Å². The first-order valence-corrected chi connectivity index (χ1v) is 8.32. The highest BCUT2D eigenvalue weighted by molar-refractivity contribution is 6.05. The molecule has 1 aromatic heterocycles. The third-order valence-corrected chi connectivity index (χ3v) is 3.88. The maximum absolute atomic E-state index is 12.8. The zero-order valence-electron chi connectivity index (χ0n) is 14.7. The molecule has 0 spiro atoms. The summed E-state index contributed by atoms with van der Waals surface area (Å²) in [6.07, 6.45) is 3.05. The highest BCUT2D eigenvalue weighted by Gasteiger charge is 2.17. The molecule has 1 amide bonds. The van der Waals surface area contributed by atoms with E-state index in [1.54, 1.807) is 12.0 Å². The predicted molar refractivity (Wildman–Crippen MR) is 102 cm³/mol. The number of aromatic nitrogens is 2. The Balaban J connectivity index is 1.77. The number of benzene rings is 2. The topological polar surface area (TPSA) is 67.4 Å². The summed E-state index contributed by atoms with van der Waals surface area (Å²) >= 11 is 0. The minimum absolute atomic E-state index is 0.137. The first kappa shape index (κ1) is 17.4. The van der Waals surface area contributed by atoms with Crippen LogP contribution < -0.4 is 15.0 Å². The van der Waals surface area contributed by atoms with Crippen molar-refractivity contribution in [2.24, 2.45) is 0 Å². The highest BCUT2D eigenvalue weighted by atomic mass is 16.5. The van der Waals surface area contributed by atoms with Crippen LogP contribution in [0.25, 0.3) is 0 Å². The minimum atomic E-state index is -0.137. The standard InChI is InChI=1S/C20H20N4O2/c1-3-24(16-9-5-4-6-10-16)19(25)15-13-21-20(22-14-15)23-17-11-7-8-12-18(17)26-2/h4-14H,3H2,1-2H3,(H,21,22,23). The fraction of sp³-hybridized carbons (Fsp3) is 0.150. The Morgan fingerprint density at radius 3 is 2.35 bits per heavy atom. The number of anilines is 3. The molecule has 26 heavy (non-hydrogen) atoms. The summed E-state index contributed by atoms with van der Waals surface area (Å²) in [6, 6.07) is 17.0. The van der Waals surface area contributed by atoms with Crippen LogP contribution in [0.5, 0.6) is 5.75 Å². The molecular weight excluding hydrogens is 328 g/mol. The van der Waals surface area contributed by atoms with E-state index in [9.17, 15) is 4.79 Å². The molecule has 0 unspecified atom stereocenters. The zero-order chi connectivity index (χ0) is 18.4. The van der Waals surface area contributed by atoms with Crippen molar-refractivity contribution in [3.05, 3.63) is 72.6 Å². The Labute approximate surface area is 152 Å². The number of para-hydroxylation sites is 3. The van der Waals surface area contributed by atoms with E-state index in [1.165, 1.54) is 12.4 Å². The molecule has 0 saturated carbocycles. The Morgan fingerprint density at radius 1 is 1.04 bits per heavy atom. The van der Waals surface area contributed by atoms with Crippen molar-refractivity contribution in [2.75, 3.05) is 23.9 Å². The number of nitrogens with one attached hydrogen (secondary N) is 1. The maximum Gasteiger partial charge on any atom is 0.261 e. The summed E-state index contributed by atoms with van der Waals surface area (Å²) in [5, 5.41) is 3.09. The van der Waals surface area contributed by atoms with Gasteiger partial charge < -0.3 is 15.0 Å². The number of carbonyl (C=O) groups is 1.